The lowest BCUT2D eigenvalue weighted by molar-refractivity contribution is -0.131. The van der Waals surface area contributed by atoms with Gasteiger partial charge in [0, 0.05) is 26.3 Å². The van der Waals surface area contributed by atoms with Crippen LogP contribution in [-0.2, 0) is 14.3 Å². The summed E-state index contributed by atoms with van der Waals surface area (Å²) in [6, 6.07) is 1.86. The predicted molar refractivity (Wildman–Crippen MR) is 59.8 cm³/mol. The van der Waals surface area contributed by atoms with Crippen LogP contribution in [0, 0.1) is 11.3 Å². The van der Waals surface area contributed by atoms with Gasteiger partial charge in [0.2, 0.25) is 5.91 Å². The molecule has 0 aromatic heterocycles. The first-order chi connectivity index (χ1) is 7.76. The van der Waals surface area contributed by atoms with Gasteiger partial charge in [-0.05, 0) is 13.8 Å². The van der Waals surface area contributed by atoms with Crippen molar-refractivity contribution in [2.45, 2.75) is 20.3 Å². The highest BCUT2D eigenvalue weighted by Gasteiger charge is 2.12. The van der Waals surface area contributed by atoms with Crippen molar-refractivity contribution in [1.29, 1.82) is 5.26 Å². The summed E-state index contributed by atoms with van der Waals surface area (Å²) in [5.41, 5.74) is 0. The van der Waals surface area contributed by atoms with Crippen molar-refractivity contribution in [3.05, 3.63) is 0 Å². The third-order valence-electron chi connectivity index (χ3n) is 2.00. The van der Waals surface area contributed by atoms with Crippen molar-refractivity contribution in [2.75, 3.05) is 39.5 Å². The first-order valence-electron chi connectivity index (χ1n) is 5.56. The Morgan fingerprint density at radius 3 is 2.06 bits per heavy atom. The van der Waals surface area contributed by atoms with E-state index in [4.69, 9.17) is 14.7 Å². The zero-order valence-corrected chi connectivity index (χ0v) is 10.1. The average Bonchev–Trinajstić information content (AvgIpc) is 2.28. The molecule has 0 saturated carbocycles. The van der Waals surface area contributed by atoms with Gasteiger partial charge in [-0.25, -0.2) is 0 Å². The Morgan fingerprint density at radius 1 is 1.19 bits per heavy atom. The van der Waals surface area contributed by atoms with Gasteiger partial charge < -0.3 is 14.4 Å². The molecule has 0 spiro atoms. The fraction of sp³-hybridized carbons (Fsp3) is 0.818. The van der Waals surface area contributed by atoms with E-state index in [0.29, 0.717) is 39.5 Å². The van der Waals surface area contributed by atoms with Gasteiger partial charge in [0.05, 0.1) is 19.3 Å². The van der Waals surface area contributed by atoms with Gasteiger partial charge in [0.25, 0.3) is 0 Å². The van der Waals surface area contributed by atoms with Crippen molar-refractivity contribution in [3.8, 4) is 6.07 Å². The quantitative estimate of drug-likeness (QED) is 0.548. The summed E-state index contributed by atoms with van der Waals surface area (Å²) in [5, 5.41) is 8.47. The van der Waals surface area contributed by atoms with Gasteiger partial charge >= 0.3 is 0 Å². The lowest BCUT2D eigenvalue weighted by Gasteiger charge is -2.21. The number of nitriles is 1. The third-order valence-corrected chi connectivity index (χ3v) is 2.00. The van der Waals surface area contributed by atoms with Gasteiger partial charge in [-0.1, -0.05) is 0 Å². The molecule has 5 heteroatoms. The van der Waals surface area contributed by atoms with Crippen LogP contribution in [0.25, 0.3) is 0 Å². The minimum atomic E-state index is -0.165. The van der Waals surface area contributed by atoms with Crippen LogP contribution in [0.4, 0.5) is 0 Å². The fourth-order valence-corrected chi connectivity index (χ4v) is 1.18. The first kappa shape index (κ1) is 14.9. The Labute approximate surface area is 96.9 Å². The van der Waals surface area contributed by atoms with Crippen molar-refractivity contribution < 1.29 is 14.3 Å². The van der Waals surface area contributed by atoms with E-state index in [1.165, 1.54) is 0 Å². The van der Waals surface area contributed by atoms with E-state index in [2.05, 4.69) is 0 Å². The minimum absolute atomic E-state index is 0.0851. The second kappa shape index (κ2) is 10.4. The van der Waals surface area contributed by atoms with Crippen LogP contribution in [-0.4, -0.2) is 50.3 Å². The zero-order chi connectivity index (χ0) is 12.2. The van der Waals surface area contributed by atoms with E-state index in [1.54, 1.807) is 4.90 Å². The highest BCUT2D eigenvalue weighted by Crippen LogP contribution is 1.95. The maximum absolute atomic E-state index is 11.5. The maximum atomic E-state index is 11.5. The lowest BCUT2D eigenvalue weighted by Crippen LogP contribution is -2.36. The molecule has 92 valence electrons. The molecule has 16 heavy (non-hydrogen) atoms. The zero-order valence-electron chi connectivity index (χ0n) is 10.1. The molecule has 1 amide bonds. The molecule has 0 aliphatic heterocycles. The molecule has 0 aliphatic rings. The molecule has 0 saturated heterocycles. The van der Waals surface area contributed by atoms with Crippen LogP contribution < -0.4 is 0 Å². The van der Waals surface area contributed by atoms with Crippen LogP contribution >= 0.6 is 0 Å². The van der Waals surface area contributed by atoms with E-state index in [-0.39, 0.29) is 12.3 Å². The van der Waals surface area contributed by atoms with Gasteiger partial charge in [-0.15, -0.1) is 0 Å². The molecule has 0 rings (SSSR count). The van der Waals surface area contributed by atoms with Crippen LogP contribution in [0.2, 0.25) is 0 Å². The number of carbonyl (C=O) groups is 1. The predicted octanol–water partition coefficient (Wildman–Crippen LogP) is 0.802. The Kier molecular flexibility index (Phi) is 9.67. The smallest absolute Gasteiger partial charge is 0.236 e. The number of rotatable bonds is 9. The monoisotopic (exact) mass is 228 g/mol. The second-order valence-corrected chi connectivity index (χ2v) is 3.11. The molecule has 0 radical (unpaired) electrons. The molecule has 0 bridgehead atoms. The summed E-state index contributed by atoms with van der Waals surface area (Å²) >= 11 is 0. The molecular weight excluding hydrogens is 208 g/mol. The molecule has 0 aromatic rings. The SMILES string of the molecule is CCOCCN(CCOCC)C(=O)CC#N. The molecule has 0 aliphatic carbocycles. The van der Waals surface area contributed by atoms with Gasteiger partial charge in [0.15, 0.2) is 0 Å². The highest BCUT2D eigenvalue weighted by atomic mass is 16.5. The molecule has 0 fully saturated rings. The Balaban J connectivity index is 3.95. The number of amides is 1. The van der Waals surface area contributed by atoms with Crippen LogP contribution in [0.5, 0.6) is 0 Å². The molecule has 0 heterocycles. The largest absolute Gasteiger partial charge is 0.380 e. The topological polar surface area (TPSA) is 62.6 Å². The molecule has 0 atom stereocenters. The lowest BCUT2D eigenvalue weighted by atomic mass is 10.3. The van der Waals surface area contributed by atoms with Gasteiger partial charge in [0.1, 0.15) is 6.42 Å². The summed E-state index contributed by atoms with van der Waals surface area (Å²) in [6.45, 7) is 7.10. The van der Waals surface area contributed by atoms with E-state index >= 15 is 0 Å². The molecular formula is C11H20N2O3. The fourth-order valence-electron chi connectivity index (χ4n) is 1.18. The van der Waals surface area contributed by atoms with Crippen molar-refractivity contribution in [3.63, 3.8) is 0 Å². The molecule has 0 aromatic carbocycles. The van der Waals surface area contributed by atoms with Crippen LogP contribution in [0.1, 0.15) is 20.3 Å². The Morgan fingerprint density at radius 2 is 1.69 bits per heavy atom. The summed E-state index contributed by atoms with van der Waals surface area (Å²) in [5.74, 6) is -0.165. The third kappa shape index (κ3) is 7.21. The summed E-state index contributed by atoms with van der Waals surface area (Å²) in [4.78, 5) is 13.1. The van der Waals surface area contributed by atoms with Crippen LogP contribution in [0.15, 0.2) is 0 Å². The number of hydrogen-bond acceptors (Lipinski definition) is 4. The molecule has 0 N–H and O–H groups in total. The minimum Gasteiger partial charge on any atom is -0.380 e. The highest BCUT2D eigenvalue weighted by molar-refractivity contribution is 5.78. The van der Waals surface area contributed by atoms with Crippen molar-refractivity contribution in [1.82, 2.24) is 4.90 Å². The number of ether oxygens (including phenoxy) is 2. The summed E-state index contributed by atoms with van der Waals surface area (Å²) in [7, 11) is 0. The molecule has 5 nitrogen and oxygen atoms in total. The molecule has 0 unspecified atom stereocenters. The van der Waals surface area contributed by atoms with Gasteiger partial charge in [-0.2, -0.15) is 5.26 Å². The van der Waals surface area contributed by atoms with Gasteiger partial charge in [-0.3, -0.25) is 4.79 Å². The second-order valence-electron chi connectivity index (χ2n) is 3.11. The Hall–Kier alpha value is -1.12. The number of carbonyl (C=O) groups excluding carboxylic acids is 1. The number of nitrogens with zero attached hydrogens (tertiary/aromatic N) is 2. The Bertz CT molecular complexity index is 216. The standard InChI is InChI=1S/C11H20N2O3/c1-3-15-9-7-13(8-10-16-4-2)11(14)5-6-12/h3-5,7-10H2,1-2H3. The van der Waals surface area contributed by atoms with E-state index in [9.17, 15) is 4.79 Å². The summed E-state index contributed by atoms with van der Waals surface area (Å²) in [6.07, 6.45) is -0.0851. The average molecular weight is 228 g/mol. The van der Waals surface area contributed by atoms with Crippen molar-refractivity contribution in [2.24, 2.45) is 0 Å². The summed E-state index contributed by atoms with van der Waals surface area (Å²) < 4.78 is 10.4. The van der Waals surface area contributed by atoms with Crippen molar-refractivity contribution >= 4 is 5.91 Å². The normalized spacial score (nSPS) is 9.81. The first-order valence-corrected chi connectivity index (χ1v) is 5.56. The van der Waals surface area contributed by atoms with E-state index in [1.807, 2.05) is 19.9 Å². The number of hydrogen-bond donors (Lipinski definition) is 0. The maximum Gasteiger partial charge on any atom is 0.236 e. The van der Waals surface area contributed by atoms with Crippen LogP contribution in [0.3, 0.4) is 0 Å². The van der Waals surface area contributed by atoms with E-state index < -0.39 is 0 Å². The van der Waals surface area contributed by atoms with E-state index in [0.717, 1.165) is 0 Å².